The Morgan fingerprint density at radius 2 is 2.13 bits per heavy atom. The standard InChI is InChI=1S/C10H14F2N2O/c1-7-2-3-8(4-9(7)13)14-5-10(11,12)6-15/h2-4,14-15H,5-6,13H2,1H3. The molecule has 1 aromatic rings. The molecular weight excluding hydrogens is 202 g/mol. The molecule has 4 N–H and O–H groups in total. The molecule has 0 spiro atoms. The SMILES string of the molecule is Cc1ccc(NCC(F)(F)CO)cc1N. The third-order valence-electron chi connectivity index (χ3n) is 2.06. The average Bonchev–Trinajstić information content (AvgIpc) is 2.20. The van der Waals surface area contributed by atoms with E-state index < -0.39 is 19.1 Å². The van der Waals surface area contributed by atoms with E-state index in [1.807, 2.05) is 6.92 Å². The van der Waals surface area contributed by atoms with Crippen LogP contribution < -0.4 is 11.1 Å². The number of aliphatic hydroxyl groups excluding tert-OH is 1. The van der Waals surface area contributed by atoms with Crippen LogP contribution in [0.25, 0.3) is 0 Å². The molecule has 15 heavy (non-hydrogen) atoms. The Labute approximate surface area is 86.9 Å². The average molecular weight is 216 g/mol. The highest BCUT2D eigenvalue weighted by Gasteiger charge is 2.27. The molecule has 1 aromatic carbocycles. The van der Waals surface area contributed by atoms with E-state index in [4.69, 9.17) is 10.8 Å². The van der Waals surface area contributed by atoms with Crippen LogP contribution in [0.5, 0.6) is 0 Å². The summed E-state index contributed by atoms with van der Waals surface area (Å²) in [6, 6.07) is 5.00. The second-order valence-electron chi connectivity index (χ2n) is 3.44. The Kier molecular flexibility index (Phi) is 3.47. The van der Waals surface area contributed by atoms with Gasteiger partial charge in [-0.3, -0.25) is 0 Å². The van der Waals surface area contributed by atoms with Crippen molar-refractivity contribution in [2.75, 3.05) is 24.2 Å². The minimum Gasteiger partial charge on any atom is -0.398 e. The molecule has 1 rings (SSSR count). The number of nitrogens with one attached hydrogen (secondary N) is 1. The number of alkyl halides is 2. The van der Waals surface area contributed by atoms with Gasteiger partial charge in [0.15, 0.2) is 0 Å². The van der Waals surface area contributed by atoms with Crippen molar-refractivity contribution in [1.82, 2.24) is 0 Å². The van der Waals surface area contributed by atoms with Crippen molar-refractivity contribution in [3.05, 3.63) is 23.8 Å². The third kappa shape index (κ3) is 3.36. The molecule has 0 fully saturated rings. The Morgan fingerprint density at radius 3 is 2.67 bits per heavy atom. The van der Waals surface area contributed by atoms with Crippen LogP contribution in [0.3, 0.4) is 0 Å². The number of hydrogen-bond acceptors (Lipinski definition) is 3. The fourth-order valence-electron chi connectivity index (χ4n) is 1.04. The molecule has 0 saturated carbocycles. The van der Waals surface area contributed by atoms with Crippen LogP contribution in [0.15, 0.2) is 18.2 Å². The number of hydrogen-bond donors (Lipinski definition) is 3. The van der Waals surface area contributed by atoms with E-state index in [-0.39, 0.29) is 0 Å². The lowest BCUT2D eigenvalue weighted by molar-refractivity contribution is -0.0372. The van der Waals surface area contributed by atoms with Gasteiger partial charge in [-0.2, -0.15) is 0 Å². The fourth-order valence-corrected chi connectivity index (χ4v) is 1.04. The van der Waals surface area contributed by atoms with E-state index >= 15 is 0 Å². The molecule has 0 aliphatic heterocycles. The highest BCUT2D eigenvalue weighted by molar-refractivity contribution is 5.58. The van der Waals surface area contributed by atoms with E-state index in [0.29, 0.717) is 11.4 Å². The molecule has 0 aromatic heterocycles. The molecule has 0 amide bonds. The summed E-state index contributed by atoms with van der Waals surface area (Å²) in [4.78, 5) is 0. The maximum Gasteiger partial charge on any atom is 0.287 e. The first kappa shape index (κ1) is 11.7. The topological polar surface area (TPSA) is 58.3 Å². The van der Waals surface area contributed by atoms with Crippen molar-refractivity contribution >= 4 is 11.4 Å². The van der Waals surface area contributed by atoms with Crippen LogP contribution in [-0.4, -0.2) is 24.2 Å². The third-order valence-corrected chi connectivity index (χ3v) is 2.06. The summed E-state index contributed by atoms with van der Waals surface area (Å²) >= 11 is 0. The molecule has 5 heteroatoms. The molecule has 0 bridgehead atoms. The number of aliphatic hydroxyl groups is 1. The van der Waals surface area contributed by atoms with Gasteiger partial charge in [-0.15, -0.1) is 0 Å². The second-order valence-corrected chi connectivity index (χ2v) is 3.44. The highest BCUT2D eigenvalue weighted by atomic mass is 19.3. The van der Waals surface area contributed by atoms with Crippen LogP contribution in [0, 0.1) is 6.92 Å². The van der Waals surface area contributed by atoms with Gasteiger partial charge in [0.2, 0.25) is 0 Å². The number of nitrogens with two attached hydrogens (primary N) is 1. The molecular formula is C10H14F2N2O. The Morgan fingerprint density at radius 1 is 1.47 bits per heavy atom. The van der Waals surface area contributed by atoms with Crippen LogP contribution in [0.1, 0.15) is 5.56 Å². The zero-order chi connectivity index (χ0) is 11.5. The number of benzene rings is 1. The number of aryl methyl sites for hydroxylation is 1. The largest absolute Gasteiger partial charge is 0.398 e. The first-order chi connectivity index (χ1) is 6.94. The Bertz CT molecular complexity index is 342. The highest BCUT2D eigenvalue weighted by Crippen LogP contribution is 2.19. The predicted octanol–water partition coefficient (Wildman–Crippen LogP) is 1.62. The predicted molar refractivity (Wildman–Crippen MR) is 56.1 cm³/mol. The summed E-state index contributed by atoms with van der Waals surface area (Å²) in [5.41, 5.74) is 7.58. The molecule has 0 unspecified atom stereocenters. The van der Waals surface area contributed by atoms with Crippen LogP contribution in [0.2, 0.25) is 0 Å². The van der Waals surface area contributed by atoms with Gasteiger partial charge in [0, 0.05) is 11.4 Å². The number of rotatable bonds is 4. The Hall–Kier alpha value is -1.36. The molecule has 3 nitrogen and oxygen atoms in total. The summed E-state index contributed by atoms with van der Waals surface area (Å²) < 4.78 is 25.3. The van der Waals surface area contributed by atoms with Crippen molar-refractivity contribution in [2.45, 2.75) is 12.8 Å². The van der Waals surface area contributed by atoms with E-state index in [0.717, 1.165) is 5.56 Å². The maximum atomic E-state index is 12.7. The van der Waals surface area contributed by atoms with Crippen LogP contribution >= 0.6 is 0 Å². The quantitative estimate of drug-likeness (QED) is 0.670. The van der Waals surface area contributed by atoms with Crippen LogP contribution in [-0.2, 0) is 0 Å². The second kappa shape index (κ2) is 4.44. The lowest BCUT2D eigenvalue weighted by Gasteiger charge is -2.15. The first-order valence-electron chi connectivity index (χ1n) is 4.53. The lowest BCUT2D eigenvalue weighted by Crippen LogP contribution is -2.31. The summed E-state index contributed by atoms with van der Waals surface area (Å²) in [6.07, 6.45) is 0. The monoisotopic (exact) mass is 216 g/mol. The van der Waals surface area contributed by atoms with Crippen molar-refractivity contribution in [3.63, 3.8) is 0 Å². The van der Waals surface area contributed by atoms with E-state index in [1.165, 1.54) is 0 Å². The lowest BCUT2D eigenvalue weighted by atomic mass is 10.2. The molecule has 0 heterocycles. The fraction of sp³-hybridized carbons (Fsp3) is 0.400. The van der Waals surface area contributed by atoms with Gasteiger partial charge >= 0.3 is 0 Å². The summed E-state index contributed by atoms with van der Waals surface area (Å²) in [6.45, 7) is 0.0643. The summed E-state index contributed by atoms with van der Waals surface area (Å²) in [7, 11) is 0. The molecule has 0 radical (unpaired) electrons. The van der Waals surface area contributed by atoms with Gasteiger partial charge in [-0.1, -0.05) is 6.07 Å². The van der Waals surface area contributed by atoms with Gasteiger partial charge in [-0.25, -0.2) is 8.78 Å². The molecule has 0 aliphatic carbocycles. The minimum absolute atomic E-state index is 0.520. The van der Waals surface area contributed by atoms with Crippen molar-refractivity contribution in [2.24, 2.45) is 0 Å². The van der Waals surface area contributed by atoms with Crippen molar-refractivity contribution < 1.29 is 13.9 Å². The summed E-state index contributed by atoms with van der Waals surface area (Å²) in [5, 5.41) is 10.9. The van der Waals surface area contributed by atoms with Gasteiger partial charge < -0.3 is 16.2 Å². The minimum atomic E-state index is -3.11. The van der Waals surface area contributed by atoms with Crippen LogP contribution in [0.4, 0.5) is 20.2 Å². The zero-order valence-corrected chi connectivity index (χ0v) is 8.43. The molecule has 84 valence electrons. The Balaban J connectivity index is 2.62. The van der Waals surface area contributed by atoms with Gasteiger partial charge in [0.25, 0.3) is 5.92 Å². The first-order valence-corrected chi connectivity index (χ1v) is 4.53. The summed E-state index contributed by atoms with van der Waals surface area (Å²) in [5.74, 6) is -3.11. The molecule has 0 saturated heterocycles. The number of nitrogen functional groups attached to an aromatic ring is 1. The molecule has 0 aliphatic rings. The van der Waals surface area contributed by atoms with E-state index in [9.17, 15) is 8.78 Å². The van der Waals surface area contributed by atoms with Crippen molar-refractivity contribution in [3.8, 4) is 0 Å². The maximum absolute atomic E-state index is 12.7. The van der Waals surface area contributed by atoms with Gasteiger partial charge in [0.05, 0.1) is 6.54 Å². The number of halogens is 2. The normalized spacial score (nSPS) is 11.5. The smallest absolute Gasteiger partial charge is 0.287 e. The van der Waals surface area contributed by atoms with Gasteiger partial charge in [0.1, 0.15) is 6.61 Å². The number of anilines is 2. The van der Waals surface area contributed by atoms with E-state index in [1.54, 1.807) is 18.2 Å². The van der Waals surface area contributed by atoms with Gasteiger partial charge in [-0.05, 0) is 24.6 Å². The molecule has 0 atom stereocenters. The van der Waals surface area contributed by atoms with E-state index in [2.05, 4.69) is 5.32 Å². The van der Waals surface area contributed by atoms with Crippen molar-refractivity contribution in [1.29, 1.82) is 0 Å². The zero-order valence-electron chi connectivity index (χ0n) is 8.43.